The highest BCUT2D eigenvalue weighted by Crippen LogP contribution is 1.99. The van der Waals surface area contributed by atoms with E-state index in [9.17, 15) is 0 Å². The molecule has 1 rings (SSSR count). The van der Waals surface area contributed by atoms with Gasteiger partial charge in [-0.15, -0.1) is 0 Å². The zero-order valence-electron chi connectivity index (χ0n) is 5.26. The van der Waals surface area contributed by atoms with Crippen molar-refractivity contribution >= 4 is 0 Å². The number of hydrogen-bond acceptors (Lipinski definition) is 1. The molecule has 0 amide bonds. The van der Waals surface area contributed by atoms with Crippen molar-refractivity contribution in [3.8, 4) is 6.07 Å². The first-order chi connectivity index (χ1) is 4.33. The Kier molecular flexibility index (Phi) is 3.21. The third kappa shape index (κ3) is 1.91. The van der Waals surface area contributed by atoms with Gasteiger partial charge in [0.05, 0.1) is 11.6 Å². The third-order valence-electron chi connectivity index (χ3n) is 1.18. The zero-order chi connectivity index (χ0) is 6.69. The molecule has 0 bridgehead atoms. The Bertz CT molecular complexity index is 228. The number of aryl methyl sites for hydroxylation is 1. The van der Waals surface area contributed by atoms with Crippen LogP contribution >= 0.6 is 0 Å². The molecule has 0 aliphatic rings. The maximum Gasteiger partial charge on any atom is 0.0991 e. The number of nitriles is 1. The molecule has 0 aliphatic carbocycles. The second kappa shape index (κ2) is 3.68. The van der Waals surface area contributed by atoms with Gasteiger partial charge in [-0.3, -0.25) is 0 Å². The van der Waals surface area contributed by atoms with Crippen LogP contribution in [0.1, 0.15) is 18.6 Å². The van der Waals surface area contributed by atoms with Crippen molar-refractivity contribution in [1.29, 1.82) is 5.26 Å². The van der Waals surface area contributed by atoms with Gasteiger partial charge in [-0.05, 0) is 19.1 Å². The first kappa shape index (κ1) is 8.71. The fourth-order valence-electron chi connectivity index (χ4n) is 0.628. The number of hydrogen-bond donors (Lipinski definition) is 0. The van der Waals surface area contributed by atoms with Crippen LogP contribution in [-0.2, 0) is 0 Å². The molecule has 0 radical (unpaired) electrons. The second-order valence-corrected chi connectivity index (χ2v) is 1.98. The topological polar surface area (TPSA) is 23.8 Å². The summed E-state index contributed by atoms with van der Waals surface area (Å²) in [6.45, 7) is 2.00. The molecule has 1 aromatic carbocycles. The van der Waals surface area contributed by atoms with Gasteiger partial charge in [-0.1, -0.05) is 25.1 Å². The lowest BCUT2D eigenvalue weighted by Crippen LogP contribution is -1.72. The van der Waals surface area contributed by atoms with E-state index >= 15 is 0 Å². The van der Waals surface area contributed by atoms with Crippen LogP contribution in [0.4, 0.5) is 0 Å². The van der Waals surface area contributed by atoms with E-state index in [1.807, 2.05) is 31.2 Å². The van der Waals surface area contributed by atoms with Crippen LogP contribution in [0, 0.1) is 18.3 Å². The summed E-state index contributed by atoms with van der Waals surface area (Å²) < 4.78 is 0. The number of rotatable bonds is 0. The predicted molar refractivity (Wildman–Crippen MR) is 42.6 cm³/mol. The van der Waals surface area contributed by atoms with Gasteiger partial charge in [0.15, 0.2) is 0 Å². The van der Waals surface area contributed by atoms with Crippen molar-refractivity contribution in [2.24, 2.45) is 0 Å². The highest BCUT2D eigenvalue weighted by molar-refractivity contribution is 5.30. The molecule has 1 nitrogen and oxygen atoms in total. The van der Waals surface area contributed by atoms with Crippen molar-refractivity contribution in [2.45, 2.75) is 14.4 Å². The van der Waals surface area contributed by atoms with Crippen molar-refractivity contribution in [2.75, 3.05) is 0 Å². The van der Waals surface area contributed by atoms with E-state index in [0.29, 0.717) is 0 Å². The zero-order valence-corrected chi connectivity index (χ0v) is 5.26. The molecule has 0 heterocycles. The average Bonchev–Trinajstić information content (AvgIpc) is 1.90. The molecule has 0 fully saturated rings. The van der Waals surface area contributed by atoms with E-state index in [1.54, 1.807) is 0 Å². The quantitative estimate of drug-likeness (QED) is 0.533. The molecule has 0 unspecified atom stereocenters. The van der Waals surface area contributed by atoms with Gasteiger partial charge in [0.2, 0.25) is 0 Å². The molecule has 0 spiro atoms. The predicted octanol–water partition coefficient (Wildman–Crippen LogP) is 2.50. The van der Waals surface area contributed by atoms with Crippen molar-refractivity contribution in [3.05, 3.63) is 35.4 Å². The highest BCUT2D eigenvalue weighted by Gasteiger charge is 1.84. The SMILES string of the molecule is C.Cc1ccc(C#N)cc1. The smallest absolute Gasteiger partial charge is 0.0991 e. The Labute approximate surface area is 61.9 Å². The highest BCUT2D eigenvalue weighted by atomic mass is 14.2. The third-order valence-corrected chi connectivity index (χ3v) is 1.18. The average molecular weight is 133 g/mol. The Morgan fingerprint density at radius 2 is 1.70 bits per heavy atom. The Hall–Kier alpha value is -1.29. The lowest BCUT2D eigenvalue weighted by atomic mass is 10.2. The van der Waals surface area contributed by atoms with Crippen molar-refractivity contribution in [3.63, 3.8) is 0 Å². The van der Waals surface area contributed by atoms with Gasteiger partial charge < -0.3 is 0 Å². The van der Waals surface area contributed by atoms with Crippen molar-refractivity contribution < 1.29 is 0 Å². The van der Waals surface area contributed by atoms with E-state index in [-0.39, 0.29) is 7.43 Å². The molecule has 1 heteroatoms. The molecule has 0 aliphatic heterocycles. The maximum absolute atomic E-state index is 8.38. The minimum absolute atomic E-state index is 0. The maximum atomic E-state index is 8.38. The lowest BCUT2D eigenvalue weighted by molar-refractivity contribution is 1.43. The van der Waals surface area contributed by atoms with Gasteiger partial charge in [0.25, 0.3) is 0 Å². The van der Waals surface area contributed by atoms with E-state index in [2.05, 4.69) is 6.07 Å². The van der Waals surface area contributed by atoms with E-state index < -0.39 is 0 Å². The molecular formula is C9H11N. The van der Waals surface area contributed by atoms with Gasteiger partial charge in [0, 0.05) is 0 Å². The molecular weight excluding hydrogens is 122 g/mol. The van der Waals surface area contributed by atoms with Gasteiger partial charge in [-0.2, -0.15) is 5.26 Å². The van der Waals surface area contributed by atoms with Gasteiger partial charge >= 0.3 is 0 Å². The minimum atomic E-state index is 0. The second-order valence-electron chi connectivity index (χ2n) is 1.98. The molecule has 0 atom stereocenters. The molecule has 0 N–H and O–H groups in total. The van der Waals surface area contributed by atoms with Crippen LogP contribution in [0.15, 0.2) is 24.3 Å². The summed E-state index contributed by atoms with van der Waals surface area (Å²) in [5.41, 5.74) is 1.91. The number of nitrogens with zero attached hydrogens (tertiary/aromatic N) is 1. The number of benzene rings is 1. The van der Waals surface area contributed by atoms with E-state index in [1.165, 1.54) is 5.56 Å². The van der Waals surface area contributed by atoms with E-state index in [4.69, 9.17) is 5.26 Å². The summed E-state index contributed by atoms with van der Waals surface area (Å²) in [5.74, 6) is 0. The molecule has 1 aromatic rings. The minimum Gasteiger partial charge on any atom is -0.192 e. The van der Waals surface area contributed by atoms with Crippen LogP contribution in [-0.4, -0.2) is 0 Å². The first-order valence-electron chi connectivity index (χ1n) is 2.79. The fraction of sp³-hybridized carbons (Fsp3) is 0.222. The lowest BCUT2D eigenvalue weighted by Gasteiger charge is -1.88. The summed E-state index contributed by atoms with van der Waals surface area (Å²) in [4.78, 5) is 0. The summed E-state index contributed by atoms with van der Waals surface area (Å²) in [5, 5.41) is 8.38. The Morgan fingerprint density at radius 3 is 2.10 bits per heavy atom. The Balaban J connectivity index is 0.000000810. The van der Waals surface area contributed by atoms with Crippen molar-refractivity contribution in [1.82, 2.24) is 0 Å². The monoisotopic (exact) mass is 133 g/mol. The first-order valence-corrected chi connectivity index (χ1v) is 2.79. The summed E-state index contributed by atoms with van der Waals surface area (Å²) in [6.07, 6.45) is 0. The van der Waals surface area contributed by atoms with Crippen LogP contribution in [0.2, 0.25) is 0 Å². The molecule has 10 heavy (non-hydrogen) atoms. The fourth-order valence-corrected chi connectivity index (χ4v) is 0.628. The standard InChI is InChI=1S/C8H7N.CH4/c1-7-2-4-8(6-9)5-3-7;/h2-5H,1H3;1H4. The van der Waals surface area contributed by atoms with Crippen LogP contribution in [0.25, 0.3) is 0 Å². The largest absolute Gasteiger partial charge is 0.192 e. The van der Waals surface area contributed by atoms with Crippen LogP contribution in [0.3, 0.4) is 0 Å². The van der Waals surface area contributed by atoms with E-state index in [0.717, 1.165) is 5.56 Å². The summed E-state index contributed by atoms with van der Waals surface area (Å²) in [6, 6.07) is 9.54. The molecule has 0 aromatic heterocycles. The molecule has 0 saturated heterocycles. The molecule has 0 saturated carbocycles. The normalized spacial score (nSPS) is 7.60. The summed E-state index contributed by atoms with van der Waals surface area (Å²) in [7, 11) is 0. The van der Waals surface area contributed by atoms with Gasteiger partial charge in [-0.25, -0.2) is 0 Å². The van der Waals surface area contributed by atoms with Gasteiger partial charge in [0.1, 0.15) is 0 Å². The summed E-state index contributed by atoms with van der Waals surface area (Å²) >= 11 is 0. The Morgan fingerprint density at radius 1 is 1.20 bits per heavy atom. The molecule has 52 valence electrons. The van der Waals surface area contributed by atoms with Crippen LogP contribution in [0.5, 0.6) is 0 Å². The van der Waals surface area contributed by atoms with Crippen LogP contribution < -0.4 is 0 Å².